The molecule has 2 aliphatic heterocycles. The minimum atomic E-state index is -3.94. The summed E-state index contributed by atoms with van der Waals surface area (Å²) in [5, 5.41) is 9.38. The molecule has 0 bridgehead atoms. The molecule has 34 heavy (non-hydrogen) atoms. The number of hydrogen-bond acceptors (Lipinski definition) is 7. The molecule has 0 radical (unpaired) electrons. The second-order valence-corrected chi connectivity index (χ2v) is 11.5. The molecule has 0 unspecified atom stereocenters. The Morgan fingerprint density at radius 3 is 2.32 bits per heavy atom. The van der Waals surface area contributed by atoms with E-state index >= 15 is 0 Å². The van der Waals surface area contributed by atoms with Crippen LogP contribution in [0.2, 0.25) is 0 Å². The Balaban J connectivity index is 1.64. The summed E-state index contributed by atoms with van der Waals surface area (Å²) in [7, 11) is -2.32. The molecule has 2 saturated heterocycles. The average molecular weight is 498 g/mol. The number of unbranched alkanes of at least 4 members (excludes halogenated alkanes) is 1. The summed E-state index contributed by atoms with van der Waals surface area (Å²) in [5.41, 5.74) is 2.81. The number of carbonyl (C=O) groups is 1. The van der Waals surface area contributed by atoms with Gasteiger partial charge in [-0.25, -0.2) is 18.2 Å². The zero-order valence-electron chi connectivity index (χ0n) is 20.4. The average Bonchev–Trinajstić information content (AvgIpc) is 2.88. The number of ether oxygens (including phenoxy) is 2. The molecule has 2 N–H and O–H groups in total. The highest BCUT2D eigenvalue weighted by molar-refractivity contribution is 7.91. The van der Waals surface area contributed by atoms with Gasteiger partial charge in [-0.1, -0.05) is 25.5 Å². The minimum absolute atomic E-state index is 0.144. The number of hydroxylamine groups is 1. The molecule has 1 aromatic rings. The molecule has 1 aromatic carbocycles. The number of hydrogen-bond donors (Lipinski definition) is 2. The molecule has 2 aliphatic rings. The number of likely N-dealkylation sites (tertiary alicyclic amines) is 1. The van der Waals surface area contributed by atoms with Gasteiger partial charge in [-0.3, -0.25) is 10.0 Å². The zero-order valence-corrected chi connectivity index (χ0v) is 21.2. The third-order valence-electron chi connectivity index (χ3n) is 7.20. The molecular weight excluding hydrogens is 458 g/mol. The van der Waals surface area contributed by atoms with Crippen molar-refractivity contribution in [2.24, 2.45) is 0 Å². The largest absolute Gasteiger partial charge is 0.494 e. The zero-order chi connectivity index (χ0) is 24.6. The van der Waals surface area contributed by atoms with Gasteiger partial charge in [-0.05, 0) is 55.7 Å². The van der Waals surface area contributed by atoms with E-state index in [1.165, 1.54) is 9.87 Å². The first-order chi connectivity index (χ1) is 16.4. The fraction of sp³-hybridized carbons (Fsp3) is 0.708. The van der Waals surface area contributed by atoms with E-state index in [1.54, 1.807) is 12.6 Å². The minimum Gasteiger partial charge on any atom is -0.494 e. The Labute approximate surface area is 203 Å². The van der Waals surface area contributed by atoms with Gasteiger partial charge >= 0.3 is 0 Å². The van der Waals surface area contributed by atoms with E-state index in [0.29, 0.717) is 58.8 Å². The third-order valence-corrected chi connectivity index (χ3v) is 9.82. The molecule has 10 heteroatoms. The Kier molecular flexibility index (Phi) is 9.73. The van der Waals surface area contributed by atoms with E-state index in [2.05, 4.69) is 24.0 Å². The maximum atomic E-state index is 13.7. The van der Waals surface area contributed by atoms with E-state index in [0.717, 1.165) is 18.6 Å². The number of methoxy groups -OCH3 is 1. The van der Waals surface area contributed by atoms with Crippen LogP contribution in [0.15, 0.2) is 24.3 Å². The van der Waals surface area contributed by atoms with Gasteiger partial charge in [0.05, 0.1) is 13.2 Å². The third kappa shape index (κ3) is 5.91. The molecule has 2 heterocycles. The highest BCUT2D eigenvalue weighted by Crippen LogP contribution is 2.37. The SMILES string of the molecule is CCCCOc1ccc(C2CCN(S(=O)(=O)C3(C(=O)NO)CCN(CCOC)CC3)CC2)cc1. The predicted octanol–water partition coefficient (Wildman–Crippen LogP) is 2.36. The lowest BCUT2D eigenvalue weighted by molar-refractivity contribution is -0.133. The lowest BCUT2D eigenvalue weighted by Crippen LogP contribution is -2.62. The molecule has 192 valence electrons. The van der Waals surface area contributed by atoms with Crippen molar-refractivity contribution in [3.05, 3.63) is 29.8 Å². The topological polar surface area (TPSA) is 108 Å². The fourth-order valence-electron chi connectivity index (χ4n) is 4.91. The molecule has 0 aliphatic carbocycles. The van der Waals surface area contributed by atoms with Crippen LogP contribution in [0.3, 0.4) is 0 Å². The monoisotopic (exact) mass is 497 g/mol. The van der Waals surface area contributed by atoms with Crippen molar-refractivity contribution >= 4 is 15.9 Å². The number of amides is 1. The summed E-state index contributed by atoms with van der Waals surface area (Å²) in [4.78, 5) is 14.8. The summed E-state index contributed by atoms with van der Waals surface area (Å²) < 4.78 is 38.0. The molecule has 3 rings (SSSR count). The van der Waals surface area contributed by atoms with Crippen molar-refractivity contribution in [3.8, 4) is 5.75 Å². The van der Waals surface area contributed by atoms with Crippen LogP contribution in [0.5, 0.6) is 5.75 Å². The van der Waals surface area contributed by atoms with Crippen LogP contribution in [0.4, 0.5) is 0 Å². The van der Waals surface area contributed by atoms with Gasteiger partial charge in [0.15, 0.2) is 4.75 Å². The summed E-state index contributed by atoms with van der Waals surface area (Å²) >= 11 is 0. The smallest absolute Gasteiger partial charge is 0.266 e. The van der Waals surface area contributed by atoms with Crippen LogP contribution in [0.25, 0.3) is 0 Å². The van der Waals surface area contributed by atoms with E-state index < -0.39 is 20.7 Å². The van der Waals surface area contributed by atoms with Crippen LogP contribution in [-0.4, -0.2) is 86.5 Å². The van der Waals surface area contributed by atoms with E-state index in [9.17, 15) is 18.4 Å². The first kappa shape index (κ1) is 26.9. The number of piperidine rings is 2. The normalized spacial score (nSPS) is 20.2. The predicted molar refractivity (Wildman–Crippen MR) is 130 cm³/mol. The lowest BCUT2D eigenvalue weighted by atomic mass is 9.90. The van der Waals surface area contributed by atoms with Crippen LogP contribution in [-0.2, 0) is 19.6 Å². The quantitative estimate of drug-likeness (QED) is 0.274. The Morgan fingerprint density at radius 1 is 1.12 bits per heavy atom. The van der Waals surface area contributed by atoms with Gasteiger partial charge in [0.1, 0.15) is 5.75 Å². The molecule has 0 atom stereocenters. The summed E-state index contributed by atoms with van der Waals surface area (Å²) in [5.74, 6) is 0.278. The van der Waals surface area contributed by atoms with Crippen molar-refractivity contribution in [2.45, 2.75) is 56.1 Å². The summed E-state index contributed by atoms with van der Waals surface area (Å²) in [6.07, 6.45) is 3.77. The maximum Gasteiger partial charge on any atom is 0.266 e. The summed E-state index contributed by atoms with van der Waals surface area (Å²) in [6.45, 7) is 5.69. The van der Waals surface area contributed by atoms with Gasteiger partial charge in [0, 0.05) is 39.8 Å². The second kappa shape index (κ2) is 12.3. The van der Waals surface area contributed by atoms with E-state index in [-0.39, 0.29) is 18.8 Å². The van der Waals surface area contributed by atoms with Crippen molar-refractivity contribution in [2.75, 3.05) is 53.0 Å². The van der Waals surface area contributed by atoms with Gasteiger partial charge in [0.2, 0.25) is 10.0 Å². The highest BCUT2D eigenvalue weighted by Gasteiger charge is 2.55. The standard InChI is InChI=1S/C24H39N3O6S/c1-3-4-18-33-22-7-5-20(6-8-22)21-9-13-27(14-10-21)34(30,31)24(23(28)25-29)11-15-26(16-12-24)17-19-32-2/h5-8,21,29H,3-4,9-19H2,1-2H3,(H,25,28). The number of rotatable bonds is 11. The number of benzene rings is 1. The molecule has 1 amide bonds. The van der Waals surface area contributed by atoms with Crippen LogP contribution in [0, 0.1) is 0 Å². The van der Waals surface area contributed by atoms with Gasteiger partial charge in [-0.2, -0.15) is 0 Å². The van der Waals surface area contributed by atoms with Crippen molar-refractivity contribution in [1.29, 1.82) is 0 Å². The number of nitrogens with one attached hydrogen (secondary N) is 1. The molecular formula is C24H39N3O6S. The molecule has 0 saturated carbocycles. The summed E-state index contributed by atoms with van der Waals surface area (Å²) in [6, 6.07) is 8.08. The van der Waals surface area contributed by atoms with Crippen LogP contribution < -0.4 is 10.2 Å². The van der Waals surface area contributed by atoms with Gasteiger partial charge in [-0.15, -0.1) is 0 Å². The Bertz CT molecular complexity index is 876. The first-order valence-electron chi connectivity index (χ1n) is 12.3. The highest BCUT2D eigenvalue weighted by atomic mass is 32.2. The number of carbonyl (C=O) groups excluding carboxylic acids is 1. The first-order valence-corrected chi connectivity index (χ1v) is 13.7. The van der Waals surface area contributed by atoms with Crippen LogP contribution >= 0.6 is 0 Å². The molecule has 0 spiro atoms. The molecule has 9 nitrogen and oxygen atoms in total. The lowest BCUT2D eigenvalue weighted by Gasteiger charge is -2.43. The Morgan fingerprint density at radius 2 is 1.76 bits per heavy atom. The van der Waals surface area contributed by atoms with E-state index in [4.69, 9.17) is 9.47 Å². The number of sulfonamides is 1. The molecule has 0 aromatic heterocycles. The van der Waals surface area contributed by atoms with Gasteiger partial charge < -0.3 is 14.4 Å². The molecule has 2 fully saturated rings. The second-order valence-electron chi connectivity index (χ2n) is 9.22. The fourth-order valence-corrected chi connectivity index (χ4v) is 7.07. The van der Waals surface area contributed by atoms with Gasteiger partial charge in [0.25, 0.3) is 5.91 Å². The van der Waals surface area contributed by atoms with Crippen molar-refractivity contribution in [1.82, 2.24) is 14.7 Å². The van der Waals surface area contributed by atoms with E-state index in [1.807, 2.05) is 12.1 Å². The van der Waals surface area contributed by atoms with Crippen molar-refractivity contribution in [3.63, 3.8) is 0 Å². The maximum absolute atomic E-state index is 13.7. The number of nitrogens with zero attached hydrogens (tertiary/aromatic N) is 2. The van der Waals surface area contributed by atoms with Crippen molar-refractivity contribution < 1.29 is 27.9 Å². The Hall–Kier alpha value is -1.72. The van der Waals surface area contributed by atoms with Crippen LogP contribution in [0.1, 0.15) is 56.9 Å².